The van der Waals surface area contributed by atoms with Crippen LogP contribution in [-0.2, 0) is 7.05 Å². The lowest BCUT2D eigenvalue weighted by molar-refractivity contribution is 0.845. The first-order valence-corrected chi connectivity index (χ1v) is 5.32. The van der Waals surface area contributed by atoms with E-state index in [1.807, 2.05) is 5.38 Å². The number of halogens is 1. The maximum atomic E-state index is 5.61. The van der Waals surface area contributed by atoms with E-state index in [0.717, 1.165) is 5.69 Å². The highest BCUT2D eigenvalue weighted by Crippen LogP contribution is 2.27. The molecule has 2 aromatic rings. The van der Waals surface area contributed by atoms with Gasteiger partial charge in [-0.3, -0.25) is 0 Å². The van der Waals surface area contributed by atoms with E-state index in [4.69, 9.17) is 5.73 Å². The second kappa shape index (κ2) is 4.24. The first-order valence-electron chi connectivity index (χ1n) is 4.44. The van der Waals surface area contributed by atoms with Gasteiger partial charge in [0.25, 0.3) is 0 Å². The fourth-order valence-electron chi connectivity index (χ4n) is 1.53. The van der Waals surface area contributed by atoms with E-state index in [1.165, 1.54) is 28.3 Å². The van der Waals surface area contributed by atoms with Gasteiger partial charge in [-0.25, -0.2) is 4.98 Å². The Labute approximate surface area is 99.4 Å². The second-order valence-corrected chi connectivity index (χ2v) is 4.30. The largest absolute Gasteiger partial charge is 0.375 e. The molecule has 3 nitrogen and oxygen atoms in total. The van der Waals surface area contributed by atoms with Gasteiger partial charge in [0.15, 0.2) is 5.13 Å². The van der Waals surface area contributed by atoms with Crippen molar-refractivity contribution in [1.82, 2.24) is 9.55 Å². The third-order valence-corrected chi connectivity index (χ3v) is 3.25. The molecule has 0 aliphatic rings. The summed E-state index contributed by atoms with van der Waals surface area (Å²) in [6.07, 6.45) is 0. The average molecular weight is 244 g/mol. The van der Waals surface area contributed by atoms with Crippen molar-refractivity contribution >= 4 is 28.9 Å². The van der Waals surface area contributed by atoms with Gasteiger partial charge in [-0.1, -0.05) is 0 Å². The molecule has 0 aliphatic heterocycles. The van der Waals surface area contributed by atoms with Gasteiger partial charge in [-0.05, 0) is 19.9 Å². The summed E-state index contributed by atoms with van der Waals surface area (Å²) in [5.74, 6) is 0. The van der Waals surface area contributed by atoms with Crippen LogP contribution < -0.4 is 5.73 Å². The molecular formula is C10H14ClN3S. The van der Waals surface area contributed by atoms with Crippen LogP contribution in [0.15, 0.2) is 11.4 Å². The maximum absolute atomic E-state index is 5.61. The van der Waals surface area contributed by atoms with Gasteiger partial charge < -0.3 is 10.3 Å². The summed E-state index contributed by atoms with van der Waals surface area (Å²) in [6.45, 7) is 4.18. The average Bonchev–Trinajstić information content (AvgIpc) is 2.66. The van der Waals surface area contributed by atoms with Crippen LogP contribution in [-0.4, -0.2) is 9.55 Å². The van der Waals surface area contributed by atoms with Gasteiger partial charge >= 0.3 is 0 Å². The molecular weight excluding hydrogens is 230 g/mol. The van der Waals surface area contributed by atoms with Crippen LogP contribution in [0.1, 0.15) is 11.4 Å². The lowest BCUT2D eigenvalue weighted by Gasteiger charge is -1.99. The Balaban J connectivity index is 0.00000112. The SMILES string of the molecule is Cc1cc(-c2csc(N)n2)c(C)n1C.Cl. The Bertz CT molecular complexity index is 473. The van der Waals surface area contributed by atoms with Gasteiger partial charge in [0.1, 0.15) is 0 Å². The molecule has 0 saturated heterocycles. The zero-order valence-corrected chi connectivity index (χ0v) is 10.6. The fourth-order valence-corrected chi connectivity index (χ4v) is 2.09. The number of nitrogen functional groups attached to an aromatic ring is 1. The minimum atomic E-state index is 0. The number of aromatic nitrogens is 2. The first-order chi connectivity index (χ1) is 6.59. The van der Waals surface area contributed by atoms with E-state index in [-0.39, 0.29) is 12.4 Å². The molecule has 15 heavy (non-hydrogen) atoms. The van der Waals surface area contributed by atoms with Crippen LogP contribution in [0, 0.1) is 13.8 Å². The highest BCUT2D eigenvalue weighted by Gasteiger charge is 2.10. The van der Waals surface area contributed by atoms with Crippen LogP contribution >= 0.6 is 23.7 Å². The predicted octanol–water partition coefficient (Wildman–Crippen LogP) is 2.77. The molecule has 82 valence electrons. The third kappa shape index (κ3) is 2.01. The number of nitrogens with zero attached hydrogens (tertiary/aromatic N) is 2. The molecule has 0 radical (unpaired) electrons. The minimum Gasteiger partial charge on any atom is -0.375 e. The van der Waals surface area contributed by atoms with Gasteiger partial charge in [-0.2, -0.15) is 0 Å². The highest BCUT2D eigenvalue weighted by molar-refractivity contribution is 7.13. The lowest BCUT2D eigenvalue weighted by atomic mass is 10.2. The van der Waals surface area contributed by atoms with E-state index >= 15 is 0 Å². The van der Waals surface area contributed by atoms with Crippen LogP contribution in [0.25, 0.3) is 11.3 Å². The molecule has 0 unspecified atom stereocenters. The van der Waals surface area contributed by atoms with Crippen molar-refractivity contribution in [2.45, 2.75) is 13.8 Å². The van der Waals surface area contributed by atoms with Gasteiger partial charge in [0.05, 0.1) is 5.69 Å². The summed E-state index contributed by atoms with van der Waals surface area (Å²) in [7, 11) is 2.06. The van der Waals surface area contributed by atoms with Crippen LogP contribution in [0.3, 0.4) is 0 Å². The molecule has 0 bridgehead atoms. The standard InChI is InChI=1S/C10H13N3S.ClH/c1-6-4-8(7(2)13(6)3)9-5-14-10(11)12-9;/h4-5H,1-3H3,(H2,11,12);1H. The zero-order valence-electron chi connectivity index (χ0n) is 8.94. The van der Waals surface area contributed by atoms with Crippen LogP contribution in [0.4, 0.5) is 5.13 Å². The first kappa shape index (κ1) is 12.1. The number of hydrogen-bond donors (Lipinski definition) is 1. The van der Waals surface area contributed by atoms with Gasteiger partial charge in [-0.15, -0.1) is 23.7 Å². The van der Waals surface area contributed by atoms with Gasteiger partial charge in [0.2, 0.25) is 0 Å². The van der Waals surface area contributed by atoms with Crippen molar-refractivity contribution in [3.8, 4) is 11.3 Å². The van der Waals surface area contributed by atoms with Crippen molar-refractivity contribution < 1.29 is 0 Å². The smallest absolute Gasteiger partial charge is 0.180 e. The van der Waals surface area contributed by atoms with Gasteiger partial charge in [0, 0.05) is 29.4 Å². The number of nitrogens with two attached hydrogens (primary N) is 1. The van der Waals surface area contributed by atoms with Crippen LogP contribution in [0.2, 0.25) is 0 Å². The summed E-state index contributed by atoms with van der Waals surface area (Å²) in [4.78, 5) is 4.28. The molecule has 0 amide bonds. The zero-order chi connectivity index (χ0) is 10.3. The van der Waals surface area contributed by atoms with Crippen molar-refractivity contribution in [2.24, 2.45) is 7.05 Å². The topological polar surface area (TPSA) is 43.8 Å². The molecule has 0 saturated carbocycles. The number of aryl methyl sites for hydroxylation is 1. The normalized spacial score (nSPS) is 10.1. The Morgan fingerprint density at radius 3 is 2.47 bits per heavy atom. The number of hydrogen-bond acceptors (Lipinski definition) is 3. The molecule has 2 aromatic heterocycles. The lowest BCUT2D eigenvalue weighted by Crippen LogP contribution is -1.93. The minimum absolute atomic E-state index is 0. The van der Waals surface area contributed by atoms with E-state index in [9.17, 15) is 0 Å². The molecule has 0 aliphatic carbocycles. The molecule has 2 N–H and O–H groups in total. The molecule has 0 spiro atoms. The quantitative estimate of drug-likeness (QED) is 0.837. The van der Waals surface area contributed by atoms with Crippen molar-refractivity contribution in [3.05, 3.63) is 22.8 Å². The van der Waals surface area contributed by atoms with Crippen molar-refractivity contribution in [2.75, 3.05) is 5.73 Å². The van der Waals surface area contributed by atoms with E-state index in [1.54, 1.807) is 0 Å². The fraction of sp³-hybridized carbons (Fsp3) is 0.300. The molecule has 2 rings (SSSR count). The number of rotatable bonds is 1. The molecule has 5 heteroatoms. The summed E-state index contributed by atoms with van der Waals surface area (Å²) in [6, 6.07) is 2.14. The molecule has 0 atom stereocenters. The van der Waals surface area contributed by atoms with Crippen LogP contribution in [0.5, 0.6) is 0 Å². The van der Waals surface area contributed by atoms with Crippen molar-refractivity contribution in [3.63, 3.8) is 0 Å². The molecule has 2 heterocycles. The van der Waals surface area contributed by atoms with E-state index in [2.05, 4.69) is 36.5 Å². The number of thiazole rings is 1. The Hall–Kier alpha value is -1.000. The Kier molecular flexibility index (Phi) is 3.42. The monoisotopic (exact) mass is 243 g/mol. The Morgan fingerprint density at radius 1 is 1.40 bits per heavy atom. The predicted molar refractivity (Wildman–Crippen MR) is 67.7 cm³/mol. The van der Waals surface area contributed by atoms with E-state index in [0.29, 0.717) is 5.13 Å². The summed E-state index contributed by atoms with van der Waals surface area (Å²) in [5, 5.41) is 2.62. The molecule has 0 aromatic carbocycles. The highest BCUT2D eigenvalue weighted by atomic mass is 35.5. The summed E-state index contributed by atoms with van der Waals surface area (Å²) in [5.41, 5.74) is 10.2. The summed E-state index contributed by atoms with van der Waals surface area (Å²) >= 11 is 1.48. The summed E-state index contributed by atoms with van der Waals surface area (Å²) < 4.78 is 2.16. The second-order valence-electron chi connectivity index (χ2n) is 3.41. The number of anilines is 1. The molecule has 0 fully saturated rings. The van der Waals surface area contributed by atoms with E-state index < -0.39 is 0 Å². The van der Waals surface area contributed by atoms with Crippen molar-refractivity contribution in [1.29, 1.82) is 0 Å². The maximum Gasteiger partial charge on any atom is 0.180 e. The Morgan fingerprint density at radius 2 is 2.07 bits per heavy atom. The third-order valence-electron chi connectivity index (χ3n) is 2.57.